The standard InChI is InChI=1S/C17H19ClN4O2S/c1-21(2)16(14-5-3-4-6-15(14)18)11-19-17(25)20-12-7-9-13(10-8-12)22(23)24/h3-10,16H,11H2,1-2H3,(H2,19,20,25)/t16-/m0/s1. The first kappa shape index (κ1) is 19.1. The van der Waals surface area contributed by atoms with Gasteiger partial charge in [-0.25, -0.2) is 0 Å². The summed E-state index contributed by atoms with van der Waals surface area (Å²) in [5.41, 5.74) is 1.73. The summed E-state index contributed by atoms with van der Waals surface area (Å²) >= 11 is 11.6. The Bertz CT molecular complexity index is 753. The molecule has 0 heterocycles. The molecule has 0 aliphatic carbocycles. The van der Waals surface area contributed by atoms with Crippen LogP contribution in [-0.2, 0) is 0 Å². The van der Waals surface area contributed by atoms with Gasteiger partial charge in [0.25, 0.3) is 5.69 Å². The maximum atomic E-state index is 10.7. The molecule has 0 saturated carbocycles. The van der Waals surface area contributed by atoms with Crippen molar-refractivity contribution in [2.24, 2.45) is 0 Å². The number of hydrogen-bond acceptors (Lipinski definition) is 4. The number of nitro benzene ring substituents is 1. The second-order valence-corrected chi connectivity index (χ2v) is 6.46. The zero-order chi connectivity index (χ0) is 18.4. The van der Waals surface area contributed by atoms with Crippen LogP contribution < -0.4 is 10.6 Å². The number of anilines is 1. The Balaban J connectivity index is 1.97. The summed E-state index contributed by atoms with van der Waals surface area (Å²) in [6.45, 7) is 0.565. The van der Waals surface area contributed by atoms with E-state index in [4.69, 9.17) is 23.8 Å². The average Bonchev–Trinajstić information content (AvgIpc) is 2.56. The third kappa shape index (κ3) is 5.38. The van der Waals surface area contributed by atoms with Crippen LogP contribution in [0.25, 0.3) is 0 Å². The van der Waals surface area contributed by atoms with Crippen molar-refractivity contribution in [2.45, 2.75) is 6.04 Å². The van der Waals surface area contributed by atoms with E-state index in [1.807, 2.05) is 38.4 Å². The van der Waals surface area contributed by atoms with Gasteiger partial charge in [0.1, 0.15) is 0 Å². The average molecular weight is 379 g/mol. The Morgan fingerprint density at radius 3 is 2.44 bits per heavy atom. The lowest BCUT2D eigenvalue weighted by molar-refractivity contribution is -0.384. The molecule has 132 valence electrons. The fourth-order valence-corrected chi connectivity index (χ4v) is 2.81. The SMILES string of the molecule is CN(C)[C@@H](CNC(=S)Nc1ccc([N+](=O)[O-])cc1)c1ccccc1Cl. The number of thiocarbonyl (C=S) groups is 1. The van der Waals surface area contributed by atoms with Gasteiger partial charge in [-0.05, 0) is 50.1 Å². The highest BCUT2D eigenvalue weighted by Crippen LogP contribution is 2.25. The van der Waals surface area contributed by atoms with Crippen molar-refractivity contribution < 1.29 is 4.92 Å². The van der Waals surface area contributed by atoms with Gasteiger partial charge in [-0.15, -0.1) is 0 Å². The lowest BCUT2D eigenvalue weighted by Crippen LogP contribution is -2.36. The quantitative estimate of drug-likeness (QED) is 0.452. The summed E-state index contributed by atoms with van der Waals surface area (Å²) in [5.74, 6) is 0. The van der Waals surface area contributed by atoms with Crippen molar-refractivity contribution in [3.05, 3.63) is 69.2 Å². The van der Waals surface area contributed by atoms with E-state index < -0.39 is 4.92 Å². The highest BCUT2D eigenvalue weighted by Gasteiger charge is 2.17. The summed E-state index contributed by atoms with van der Waals surface area (Å²) in [6, 6.07) is 13.8. The third-order valence-electron chi connectivity index (χ3n) is 3.68. The van der Waals surface area contributed by atoms with Crippen LogP contribution >= 0.6 is 23.8 Å². The van der Waals surface area contributed by atoms with Gasteiger partial charge in [-0.1, -0.05) is 29.8 Å². The molecule has 0 aliphatic heterocycles. The molecule has 0 unspecified atom stereocenters. The van der Waals surface area contributed by atoms with Gasteiger partial charge in [0.05, 0.1) is 11.0 Å². The van der Waals surface area contributed by atoms with Crippen LogP contribution in [0.1, 0.15) is 11.6 Å². The number of halogens is 1. The molecule has 25 heavy (non-hydrogen) atoms. The van der Waals surface area contributed by atoms with Crippen molar-refractivity contribution in [3.63, 3.8) is 0 Å². The Morgan fingerprint density at radius 1 is 1.24 bits per heavy atom. The van der Waals surface area contributed by atoms with Crippen molar-refractivity contribution in [1.29, 1.82) is 0 Å². The summed E-state index contributed by atoms with van der Waals surface area (Å²) in [6.07, 6.45) is 0. The normalized spacial score (nSPS) is 11.8. The van der Waals surface area contributed by atoms with Gasteiger partial charge in [0.2, 0.25) is 0 Å². The first-order valence-corrected chi connectivity index (χ1v) is 8.37. The lowest BCUT2D eigenvalue weighted by atomic mass is 10.1. The van der Waals surface area contributed by atoms with E-state index in [2.05, 4.69) is 15.5 Å². The van der Waals surface area contributed by atoms with Crippen molar-refractivity contribution in [1.82, 2.24) is 10.2 Å². The molecule has 6 nitrogen and oxygen atoms in total. The van der Waals surface area contributed by atoms with E-state index in [1.54, 1.807) is 12.1 Å². The Labute approximate surface area is 156 Å². The van der Waals surface area contributed by atoms with Crippen LogP contribution in [0.4, 0.5) is 11.4 Å². The molecule has 0 radical (unpaired) electrons. The number of nitrogens with zero attached hydrogens (tertiary/aromatic N) is 2. The van der Waals surface area contributed by atoms with E-state index in [0.717, 1.165) is 5.56 Å². The van der Waals surface area contributed by atoms with E-state index in [0.29, 0.717) is 22.4 Å². The topological polar surface area (TPSA) is 70.4 Å². The van der Waals surface area contributed by atoms with Crippen LogP contribution in [0.3, 0.4) is 0 Å². The number of rotatable bonds is 6. The molecule has 2 N–H and O–H groups in total. The minimum absolute atomic E-state index is 0.0378. The molecule has 0 bridgehead atoms. The minimum Gasteiger partial charge on any atom is -0.361 e. The molecule has 2 aromatic rings. The van der Waals surface area contributed by atoms with Gasteiger partial charge in [0, 0.05) is 29.4 Å². The number of nitro groups is 1. The predicted octanol–water partition coefficient (Wildman–Crippen LogP) is 3.84. The van der Waals surface area contributed by atoms with Gasteiger partial charge >= 0.3 is 0 Å². The fourth-order valence-electron chi connectivity index (χ4n) is 2.35. The lowest BCUT2D eigenvalue weighted by Gasteiger charge is -2.26. The Kier molecular flexibility index (Phi) is 6.69. The summed E-state index contributed by atoms with van der Waals surface area (Å²) in [4.78, 5) is 12.3. The highest BCUT2D eigenvalue weighted by atomic mass is 35.5. The first-order chi connectivity index (χ1) is 11.9. The molecule has 0 saturated heterocycles. The summed E-state index contributed by atoms with van der Waals surface area (Å²) in [7, 11) is 3.95. The van der Waals surface area contributed by atoms with Crippen LogP contribution in [0.2, 0.25) is 5.02 Å². The number of likely N-dealkylation sites (N-methyl/N-ethyl adjacent to an activating group) is 1. The molecule has 0 aromatic heterocycles. The van der Waals surface area contributed by atoms with Crippen LogP contribution in [0.5, 0.6) is 0 Å². The smallest absolute Gasteiger partial charge is 0.269 e. The molecular weight excluding hydrogens is 360 g/mol. The van der Waals surface area contributed by atoms with E-state index >= 15 is 0 Å². The maximum absolute atomic E-state index is 10.7. The van der Waals surface area contributed by atoms with Crippen LogP contribution in [0, 0.1) is 10.1 Å². The molecule has 1 atom stereocenters. The zero-order valence-electron chi connectivity index (χ0n) is 13.9. The number of benzene rings is 2. The molecule has 8 heteroatoms. The molecule has 2 rings (SSSR count). The number of non-ortho nitro benzene ring substituents is 1. The van der Waals surface area contributed by atoms with Crippen molar-refractivity contribution in [2.75, 3.05) is 26.0 Å². The monoisotopic (exact) mass is 378 g/mol. The van der Waals surface area contributed by atoms with Gasteiger partial charge in [0.15, 0.2) is 5.11 Å². The molecular formula is C17H19ClN4O2S. The molecule has 0 fully saturated rings. The largest absolute Gasteiger partial charge is 0.361 e. The van der Waals surface area contributed by atoms with Crippen molar-refractivity contribution >= 4 is 40.3 Å². The van der Waals surface area contributed by atoms with Gasteiger partial charge in [-0.3, -0.25) is 10.1 Å². The van der Waals surface area contributed by atoms with Crippen molar-refractivity contribution in [3.8, 4) is 0 Å². The number of nitrogens with one attached hydrogen (secondary N) is 2. The molecule has 0 spiro atoms. The second-order valence-electron chi connectivity index (χ2n) is 5.64. The van der Waals surface area contributed by atoms with E-state index in [9.17, 15) is 10.1 Å². The van der Waals surface area contributed by atoms with Gasteiger partial charge < -0.3 is 15.5 Å². The van der Waals surface area contributed by atoms with E-state index in [1.165, 1.54) is 12.1 Å². The number of hydrogen-bond donors (Lipinski definition) is 2. The van der Waals surface area contributed by atoms with E-state index in [-0.39, 0.29) is 11.7 Å². The molecule has 0 amide bonds. The molecule has 0 aliphatic rings. The minimum atomic E-state index is -0.439. The summed E-state index contributed by atoms with van der Waals surface area (Å²) < 4.78 is 0. The van der Waals surface area contributed by atoms with Gasteiger partial charge in [-0.2, -0.15) is 0 Å². The zero-order valence-corrected chi connectivity index (χ0v) is 15.5. The highest BCUT2D eigenvalue weighted by molar-refractivity contribution is 7.80. The fraction of sp³-hybridized carbons (Fsp3) is 0.235. The van der Waals surface area contributed by atoms with Crippen LogP contribution in [0.15, 0.2) is 48.5 Å². The summed E-state index contributed by atoms with van der Waals surface area (Å²) in [5, 5.41) is 18.0. The molecule has 2 aromatic carbocycles. The Morgan fingerprint density at radius 2 is 1.88 bits per heavy atom. The Hall–Kier alpha value is -2.22. The predicted molar refractivity (Wildman–Crippen MR) is 105 cm³/mol. The second kappa shape index (κ2) is 8.75. The van der Waals surface area contributed by atoms with Crippen LogP contribution in [-0.4, -0.2) is 35.6 Å². The maximum Gasteiger partial charge on any atom is 0.269 e. The first-order valence-electron chi connectivity index (χ1n) is 7.58. The third-order valence-corrected chi connectivity index (χ3v) is 4.27.